The first-order valence-corrected chi connectivity index (χ1v) is 10.7. The Morgan fingerprint density at radius 3 is 2.26 bits per heavy atom. The van der Waals surface area contributed by atoms with Crippen molar-refractivity contribution in [2.75, 3.05) is 44.8 Å². The summed E-state index contributed by atoms with van der Waals surface area (Å²) in [7, 11) is 1.79. The number of morpholine rings is 1. The summed E-state index contributed by atoms with van der Waals surface area (Å²) in [5.74, 6) is -0.560. The van der Waals surface area contributed by atoms with Crippen LogP contribution in [0.15, 0.2) is 48.5 Å². The molecule has 2 aliphatic rings. The molecule has 0 spiro atoms. The second-order valence-corrected chi connectivity index (χ2v) is 7.89. The average Bonchev–Trinajstić information content (AvgIpc) is 3.05. The lowest BCUT2D eigenvalue weighted by Crippen LogP contribution is -2.37. The van der Waals surface area contributed by atoms with Crippen molar-refractivity contribution in [3.63, 3.8) is 0 Å². The number of imide groups is 1. The first-order chi connectivity index (χ1) is 15.1. The quantitative estimate of drug-likeness (QED) is 0.643. The summed E-state index contributed by atoms with van der Waals surface area (Å²) in [5.41, 5.74) is 3.11. The van der Waals surface area contributed by atoms with Crippen LogP contribution in [0.5, 0.6) is 0 Å². The van der Waals surface area contributed by atoms with E-state index in [2.05, 4.69) is 11.0 Å². The van der Waals surface area contributed by atoms with Crippen molar-refractivity contribution in [3.8, 4) is 0 Å². The molecular weight excluding hydrogens is 394 g/mol. The molecule has 7 heteroatoms. The van der Waals surface area contributed by atoms with E-state index in [0.717, 1.165) is 24.3 Å². The predicted octanol–water partition coefficient (Wildman–Crippen LogP) is 2.56. The molecule has 1 fully saturated rings. The summed E-state index contributed by atoms with van der Waals surface area (Å²) in [6, 6.07) is 15.0. The Morgan fingerprint density at radius 1 is 0.968 bits per heavy atom. The minimum Gasteiger partial charge on any atom is -0.378 e. The van der Waals surface area contributed by atoms with Crippen LogP contribution in [0.3, 0.4) is 0 Å². The van der Waals surface area contributed by atoms with Crippen LogP contribution in [0, 0.1) is 0 Å². The molecule has 0 atom stereocenters. The van der Waals surface area contributed by atoms with Crippen LogP contribution >= 0.6 is 0 Å². The van der Waals surface area contributed by atoms with Gasteiger partial charge in [0.15, 0.2) is 0 Å². The van der Waals surface area contributed by atoms with E-state index in [0.29, 0.717) is 37.3 Å². The maximum atomic E-state index is 12.7. The van der Waals surface area contributed by atoms with Gasteiger partial charge in [-0.2, -0.15) is 0 Å². The Balaban J connectivity index is 1.31. The number of amides is 3. The van der Waals surface area contributed by atoms with Crippen LogP contribution in [0.2, 0.25) is 0 Å². The third-order valence-electron chi connectivity index (χ3n) is 5.83. The molecule has 1 saturated heterocycles. The third kappa shape index (κ3) is 4.46. The number of hydrogen-bond donors (Lipinski definition) is 0. The van der Waals surface area contributed by atoms with Gasteiger partial charge in [-0.3, -0.25) is 19.3 Å². The number of rotatable bonds is 7. The molecule has 0 N–H and O–H groups in total. The molecule has 2 aromatic carbocycles. The van der Waals surface area contributed by atoms with Gasteiger partial charge in [-0.05, 0) is 30.2 Å². The molecule has 0 aliphatic carbocycles. The molecule has 0 aromatic heterocycles. The molecule has 0 unspecified atom stereocenters. The standard InChI is InChI=1S/C24H27N3O4/c1-25(17-18-7-2-5-10-21(18)26-13-15-31-16-14-26)22(28)11-6-12-27-23(29)19-8-3-4-9-20(19)24(27)30/h2-5,7-10H,6,11-17H2,1H3. The second kappa shape index (κ2) is 9.31. The molecule has 0 saturated carbocycles. The monoisotopic (exact) mass is 421 g/mol. The van der Waals surface area contributed by atoms with E-state index in [1.165, 1.54) is 4.90 Å². The number of fused-ring (bicyclic) bond motifs is 1. The fourth-order valence-electron chi connectivity index (χ4n) is 4.12. The van der Waals surface area contributed by atoms with Crippen molar-refractivity contribution in [2.45, 2.75) is 19.4 Å². The van der Waals surface area contributed by atoms with Crippen molar-refractivity contribution in [3.05, 3.63) is 65.2 Å². The SMILES string of the molecule is CN(Cc1ccccc1N1CCOCC1)C(=O)CCCN1C(=O)c2ccccc2C1=O. The Bertz CT molecular complexity index is 949. The van der Waals surface area contributed by atoms with Crippen molar-refractivity contribution < 1.29 is 19.1 Å². The highest BCUT2D eigenvalue weighted by atomic mass is 16.5. The molecule has 3 amide bonds. The normalized spacial score (nSPS) is 15.9. The molecule has 2 aromatic rings. The van der Waals surface area contributed by atoms with Crippen LogP contribution in [-0.2, 0) is 16.1 Å². The molecule has 0 radical (unpaired) electrons. The first-order valence-electron chi connectivity index (χ1n) is 10.7. The Hall–Kier alpha value is -3.19. The van der Waals surface area contributed by atoms with Gasteiger partial charge in [-0.25, -0.2) is 0 Å². The Kier molecular flexibility index (Phi) is 6.32. The number of anilines is 1. The Morgan fingerprint density at radius 2 is 1.58 bits per heavy atom. The number of para-hydroxylation sites is 1. The van der Waals surface area contributed by atoms with Crippen molar-refractivity contribution in [1.29, 1.82) is 0 Å². The number of hydrogen-bond acceptors (Lipinski definition) is 5. The van der Waals surface area contributed by atoms with Gasteiger partial charge in [0.05, 0.1) is 24.3 Å². The molecule has 2 aliphatic heterocycles. The first kappa shape index (κ1) is 21.1. The van der Waals surface area contributed by atoms with Gasteiger partial charge < -0.3 is 14.5 Å². The van der Waals surface area contributed by atoms with Gasteiger partial charge in [-0.1, -0.05) is 30.3 Å². The molecule has 4 rings (SSSR count). The number of ether oxygens (including phenoxy) is 1. The van der Waals surface area contributed by atoms with Gasteiger partial charge in [-0.15, -0.1) is 0 Å². The smallest absolute Gasteiger partial charge is 0.261 e. The van der Waals surface area contributed by atoms with Gasteiger partial charge >= 0.3 is 0 Å². The van der Waals surface area contributed by atoms with E-state index < -0.39 is 0 Å². The molecule has 162 valence electrons. The number of benzene rings is 2. The average molecular weight is 421 g/mol. The minimum atomic E-state index is -0.277. The van der Waals surface area contributed by atoms with Gasteiger partial charge in [0, 0.05) is 45.3 Å². The second-order valence-electron chi connectivity index (χ2n) is 7.89. The van der Waals surface area contributed by atoms with Crippen LogP contribution in [0.25, 0.3) is 0 Å². The van der Waals surface area contributed by atoms with Crippen LogP contribution in [0.1, 0.15) is 39.1 Å². The largest absolute Gasteiger partial charge is 0.378 e. The van der Waals surface area contributed by atoms with Crippen LogP contribution in [0.4, 0.5) is 5.69 Å². The predicted molar refractivity (Wildman–Crippen MR) is 117 cm³/mol. The van der Waals surface area contributed by atoms with Crippen molar-refractivity contribution >= 4 is 23.4 Å². The van der Waals surface area contributed by atoms with Crippen LogP contribution in [-0.4, -0.2) is 67.4 Å². The van der Waals surface area contributed by atoms with Gasteiger partial charge in [0.1, 0.15) is 0 Å². The topological polar surface area (TPSA) is 70.2 Å². The number of carbonyl (C=O) groups is 3. The maximum Gasteiger partial charge on any atom is 0.261 e. The zero-order chi connectivity index (χ0) is 21.8. The minimum absolute atomic E-state index is 0.00612. The number of nitrogens with zero attached hydrogens (tertiary/aromatic N) is 3. The highest BCUT2D eigenvalue weighted by molar-refractivity contribution is 6.21. The van der Waals surface area contributed by atoms with E-state index in [1.54, 1.807) is 36.2 Å². The summed E-state index contributed by atoms with van der Waals surface area (Å²) in [6.07, 6.45) is 0.726. The number of carbonyl (C=O) groups excluding carboxylic acids is 3. The van der Waals surface area contributed by atoms with E-state index in [1.807, 2.05) is 18.2 Å². The van der Waals surface area contributed by atoms with Crippen LogP contribution < -0.4 is 4.90 Å². The zero-order valence-corrected chi connectivity index (χ0v) is 17.8. The summed E-state index contributed by atoms with van der Waals surface area (Å²) < 4.78 is 5.44. The van der Waals surface area contributed by atoms with Crippen molar-refractivity contribution in [1.82, 2.24) is 9.80 Å². The van der Waals surface area contributed by atoms with E-state index in [4.69, 9.17) is 4.74 Å². The van der Waals surface area contributed by atoms with Crippen molar-refractivity contribution in [2.24, 2.45) is 0 Å². The lowest BCUT2D eigenvalue weighted by atomic mass is 10.1. The highest BCUT2D eigenvalue weighted by Crippen LogP contribution is 2.24. The molecule has 31 heavy (non-hydrogen) atoms. The third-order valence-corrected chi connectivity index (χ3v) is 5.83. The van der Waals surface area contributed by atoms with Gasteiger partial charge in [0.2, 0.25) is 5.91 Å². The maximum absolute atomic E-state index is 12.7. The molecule has 0 bridgehead atoms. The Labute approximate surface area is 182 Å². The lowest BCUT2D eigenvalue weighted by molar-refractivity contribution is -0.130. The fourth-order valence-corrected chi connectivity index (χ4v) is 4.12. The molecular formula is C24H27N3O4. The van der Waals surface area contributed by atoms with E-state index in [-0.39, 0.29) is 30.7 Å². The summed E-state index contributed by atoms with van der Waals surface area (Å²) >= 11 is 0. The molecule has 2 heterocycles. The summed E-state index contributed by atoms with van der Waals surface area (Å²) in [4.78, 5) is 42.8. The zero-order valence-electron chi connectivity index (χ0n) is 17.8. The van der Waals surface area contributed by atoms with E-state index in [9.17, 15) is 14.4 Å². The summed E-state index contributed by atoms with van der Waals surface area (Å²) in [5, 5.41) is 0. The van der Waals surface area contributed by atoms with Gasteiger partial charge in [0.25, 0.3) is 11.8 Å². The lowest BCUT2D eigenvalue weighted by Gasteiger charge is -2.31. The summed E-state index contributed by atoms with van der Waals surface area (Å²) in [6.45, 7) is 3.86. The fraction of sp³-hybridized carbons (Fsp3) is 0.375. The molecule has 7 nitrogen and oxygen atoms in total. The van der Waals surface area contributed by atoms with E-state index >= 15 is 0 Å². The highest BCUT2D eigenvalue weighted by Gasteiger charge is 2.34.